The molecule has 6 aromatic rings. The predicted octanol–water partition coefficient (Wildman–Crippen LogP) is 2.29. The Morgan fingerprint density at radius 2 is 1.29 bits per heavy atom. The molecule has 18 nitrogen and oxygen atoms in total. The zero-order valence-corrected chi connectivity index (χ0v) is 26.9. The maximum absolute atomic E-state index is 12.7. The number of carbonyl (C=O) groups excluding carboxylic acids is 2. The highest BCUT2D eigenvalue weighted by Gasteiger charge is 2.55. The van der Waals surface area contributed by atoms with E-state index in [4.69, 9.17) is 4.98 Å². The summed E-state index contributed by atoms with van der Waals surface area (Å²) >= 11 is 0. The molecule has 2 atom stereocenters. The normalized spacial score (nSPS) is 21.4. The lowest BCUT2D eigenvalue weighted by Gasteiger charge is -2.40. The molecule has 2 amide bonds. The SMILES string of the molecule is CC[C@@]12CCC(=O)N1c1nc(-n3ccnc3)ncc1-n1c(C)nnc12.CC[C@@]12CCC(=O)N1c1nc(-n3ccnc3)ncc1-n1cnnc12. The quantitative estimate of drug-likeness (QED) is 0.269. The molecule has 0 aromatic carbocycles. The first kappa shape index (κ1) is 29.0. The zero-order chi connectivity index (χ0) is 33.5. The lowest BCUT2D eigenvalue weighted by molar-refractivity contribution is -0.118. The highest BCUT2D eigenvalue weighted by Crippen LogP contribution is 2.50. The van der Waals surface area contributed by atoms with Crippen LogP contribution in [0.15, 0.2) is 56.2 Å². The maximum atomic E-state index is 12.7. The Balaban J connectivity index is 0.000000133. The number of fused-ring (bicyclic) bond motifs is 12. The van der Waals surface area contributed by atoms with Crippen LogP contribution in [0.1, 0.15) is 69.8 Å². The molecular formula is C31H30N16O2. The number of hydrogen-bond donors (Lipinski definition) is 0. The molecule has 2 fully saturated rings. The minimum Gasteiger partial charge on any atom is -0.281 e. The summed E-state index contributed by atoms with van der Waals surface area (Å²) in [6, 6.07) is 0. The standard InChI is InChI=1S/C16H16N8O.C15H14N8O/c1-3-16-5-4-12(25)24(16)13-11(23-10(2)20-21-14(16)23)8-18-15(19-13)22-7-6-17-9-22;1-2-15-4-3-11(24)23(15)12-10(22-9-18-20-13(15)22)7-17-14(19-12)21-6-5-16-8-21/h6-9H,3-5H2,1-2H3;5-9H,2-4H2,1H3/t16-;15-/m00/s1. The first-order chi connectivity index (χ1) is 23.9. The minimum absolute atomic E-state index is 0.0580. The number of amides is 2. The topological polar surface area (TPSA) is 189 Å². The molecule has 4 aliphatic rings. The number of carbonyl (C=O) groups is 2. The summed E-state index contributed by atoms with van der Waals surface area (Å²) < 4.78 is 7.32. The van der Waals surface area contributed by atoms with Gasteiger partial charge in [0.05, 0.1) is 12.4 Å². The molecule has 246 valence electrons. The van der Waals surface area contributed by atoms with E-state index in [-0.39, 0.29) is 11.8 Å². The van der Waals surface area contributed by atoms with Gasteiger partial charge in [-0.15, -0.1) is 20.4 Å². The average Bonchev–Trinajstić information content (AvgIpc) is 3.97. The Morgan fingerprint density at radius 3 is 1.86 bits per heavy atom. The monoisotopic (exact) mass is 658 g/mol. The molecule has 2 saturated heterocycles. The van der Waals surface area contributed by atoms with Crippen LogP contribution in [-0.2, 0) is 20.7 Å². The molecule has 0 N–H and O–H groups in total. The number of hydrogen-bond acceptors (Lipinski definition) is 12. The fourth-order valence-electron chi connectivity index (χ4n) is 7.66. The van der Waals surface area contributed by atoms with Crippen LogP contribution in [0.25, 0.3) is 23.3 Å². The summed E-state index contributed by atoms with van der Waals surface area (Å²) in [6.07, 6.45) is 19.1. The van der Waals surface area contributed by atoms with Crippen LogP contribution < -0.4 is 9.80 Å². The molecule has 0 aliphatic carbocycles. The van der Waals surface area contributed by atoms with Crippen molar-refractivity contribution in [1.82, 2.24) is 68.6 Å². The van der Waals surface area contributed by atoms with Crippen LogP contribution in [0.5, 0.6) is 0 Å². The van der Waals surface area contributed by atoms with Gasteiger partial charge in [0, 0.05) is 37.6 Å². The van der Waals surface area contributed by atoms with Gasteiger partial charge in [0.25, 0.3) is 0 Å². The first-order valence-electron chi connectivity index (χ1n) is 16.1. The van der Waals surface area contributed by atoms with E-state index in [9.17, 15) is 9.59 Å². The van der Waals surface area contributed by atoms with Gasteiger partial charge in [-0.1, -0.05) is 13.8 Å². The molecule has 49 heavy (non-hydrogen) atoms. The lowest BCUT2D eigenvalue weighted by Crippen LogP contribution is -2.48. The van der Waals surface area contributed by atoms with Gasteiger partial charge in [0.2, 0.25) is 23.7 Å². The van der Waals surface area contributed by atoms with E-state index in [2.05, 4.69) is 59.2 Å². The van der Waals surface area contributed by atoms with Crippen molar-refractivity contribution in [2.24, 2.45) is 0 Å². The van der Waals surface area contributed by atoms with E-state index in [0.29, 0.717) is 49.2 Å². The van der Waals surface area contributed by atoms with E-state index < -0.39 is 11.1 Å². The van der Waals surface area contributed by atoms with Gasteiger partial charge >= 0.3 is 0 Å². The third-order valence-corrected chi connectivity index (χ3v) is 10.1. The van der Waals surface area contributed by atoms with Crippen LogP contribution in [0.2, 0.25) is 0 Å². The summed E-state index contributed by atoms with van der Waals surface area (Å²) in [4.78, 5) is 55.2. The molecule has 10 rings (SSSR count). The number of nitrogens with zero attached hydrogens (tertiary/aromatic N) is 16. The number of imidazole rings is 2. The molecule has 0 spiro atoms. The van der Waals surface area contributed by atoms with Crippen LogP contribution in [-0.4, -0.2) is 80.4 Å². The van der Waals surface area contributed by atoms with Gasteiger partial charge < -0.3 is 0 Å². The van der Waals surface area contributed by atoms with Gasteiger partial charge in [0.1, 0.15) is 47.3 Å². The average molecular weight is 659 g/mol. The molecule has 6 aromatic heterocycles. The maximum Gasteiger partial charge on any atom is 0.237 e. The van der Waals surface area contributed by atoms with Crippen molar-refractivity contribution in [3.8, 4) is 23.3 Å². The van der Waals surface area contributed by atoms with Crippen molar-refractivity contribution in [2.75, 3.05) is 9.80 Å². The van der Waals surface area contributed by atoms with E-state index in [1.807, 2.05) is 16.1 Å². The highest BCUT2D eigenvalue weighted by molar-refractivity contribution is 6.00. The number of anilines is 2. The third-order valence-electron chi connectivity index (χ3n) is 10.1. The van der Waals surface area contributed by atoms with Crippen molar-refractivity contribution in [1.29, 1.82) is 0 Å². The summed E-state index contributed by atoms with van der Waals surface area (Å²) in [5.74, 6) is 4.63. The first-order valence-corrected chi connectivity index (χ1v) is 16.1. The molecule has 0 radical (unpaired) electrons. The second-order valence-electron chi connectivity index (χ2n) is 12.4. The Morgan fingerprint density at radius 1 is 0.714 bits per heavy atom. The third kappa shape index (κ3) is 3.87. The van der Waals surface area contributed by atoms with Crippen LogP contribution >= 0.6 is 0 Å². The predicted molar refractivity (Wildman–Crippen MR) is 170 cm³/mol. The van der Waals surface area contributed by atoms with Crippen LogP contribution in [0.4, 0.5) is 11.6 Å². The zero-order valence-electron chi connectivity index (χ0n) is 26.9. The summed E-state index contributed by atoms with van der Waals surface area (Å²) in [7, 11) is 0. The van der Waals surface area contributed by atoms with Gasteiger partial charge in [0.15, 0.2) is 23.3 Å². The van der Waals surface area contributed by atoms with Gasteiger partial charge in [-0.05, 0) is 32.6 Å². The Hall–Kier alpha value is -6.20. The smallest absolute Gasteiger partial charge is 0.237 e. The molecule has 4 aliphatic heterocycles. The fourth-order valence-corrected chi connectivity index (χ4v) is 7.66. The largest absolute Gasteiger partial charge is 0.281 e. The summed E-state index contributed by atoms with van der Waals surface area (Å²) in [6.45, 7) is 6.04. The number of aromatic nitrogens is 14. The Bertz CT molecular complexity index is 2260. The molecular weight excluding hydrogens is 628 g/mol. The van der Waals surface area contributed by atoms with E-state index in [1.165, 1.54) is 0 Å². The van der Waals surface area contributed by atoms with Crippen molar-refractivity contribution in [3.05, 3.63) is 73.6 Å². The van der Waals surface area contributed by atoms with Crippen molar-refractivity contribution < 1.29 is 9.59 Å². The van der Waals surface area contributed by atoms with E-state index in [0.717, 1.165) is 41.7 Å². The van der Waals surface area contributed by atoms with E-state index in [1.54, 1.807) is 75.1 Å². The second kappa shape index (κ2) is 10.4. The van der Waals surface area contributed by atoms with Gasteiger partial charge in [-0.3, -0.25) is 37.7 Å². The molecule has 18 heteroatoms. The summed E-state index contributed by atoms with van der Waals surface area (Å²) in [5, 5.41) is 17.0. The number of aryl methyl sites for hydroxylation is 1. The van der Waals surface area contributed by atoms with Gasteiger partial charge in [-0.25, -0.2) is 19.9 Å². The molecule has 0 saturated carbocycles. The van der Waals surface area contributed by atoms with Crippen molar-refractivity contribution in [2.45, 2.75) is 70.4 Å². The highest BCUT2D eigenvalue weighted by atomic mass is 16.2. The van der Waals surface area contributed by atoms with Gasteiger partial charge in [-0.2, -0.15) is 9.97 Å². The van der Waals surface area contributed by atoms with Crippen molar-refractivity contribution in [3.63, 3.8) is 0 Å². The fraction of sp³-hybridized carbons (Fsp3) is 0.355. The van der Waals surface area contributed by atoms with Crippen LogP contribution in [0.3, 0.4) is 0 Å². The van der Waals surface area contributed by atoms with E-state index >= 15 is 0 Å². The lowest BCUT2D eigenvalue weighted by atomic mass is 9.90. The Labute approximate surface area is 278 Å². The Kier molecular flexibility index (Phi) is 6.15. The second-order valence-corrected chi connectivity index (χ2v) is 12.4. The molecule has 0 bridgehead atoms. The summed E-state index contributed by atoms with van der Waals surface area (Å²) in [5.41, 5.74) is 0.478. The van der Waals surface area contributed by atoms with Crippen LogP contribution in [0, 0.1) is 6.92 Å². The van der Waals surface area contributed by atoms with Crippen molar-refractivity contribution >= 4 is 23.5 Å². The molecule has 0 unspecified atom stereocenters. The minimum atomic E-state index is -0.494. The number of rotatable bonds is 4. The molecule has 10 heterocycles.